The van der Waals surface area contributed by atoms with Crippen LogP contribution in [-0.4, -0.2) is 45.4 Å². The number of hydrogen-bond donors (Lipinski definition) is 2. The number of aliphatic carboxylic acids is 1. The first kappa shape index (κ1) is 27.6. The molecule has 0 aliphatic heterocycles. The zero-order chi connectivity index (χ0) is 27.9. The third kappa shape index (κ3) is 3.67. The van der Waals surface area contributed by atoms with E-state index in [0.29, 0.717) is 24.0 Å². The minimum absolute atomic E-state index is 0.0466. The average molecular weight is 513 g/mol. The van der Waals surface area contributed by atoms with Gasteiger partial charge in [-0.25, -0.2) is 4.79 Å². The molecule has 7 nitrogen and oxygen atoms in total. The number of rotatable bonds is 5. The van der Waals surface area contributed by atoms with E-state index in [1.54, 1.807) is 0 Å². The summed E-state index contributed by atoms with van der Waals surface area (Å²) in [6.07, 6.45) is 1.89. The van der Waals surface area contributed by atoms with Gasteiger partial charge in [-0.2, -0.15) is 0 Å². The Kier molecular flexibility index (Phi) is 6.38. The number of carbonyl (C=O) groups is 5. The number of aliphatic hydroxyl groups is 1. The SMILES string of the molecule is C/C(=C\[C@H](O)C[C@H](C)[C@@H]1CC(=O)[C@]2(C)C3=C(C(=O)C[C@@]12C)[C@]1(C)CCC(=O)C(C)(C)C1CC3=O)C(=O)O. The fourth-order valence-electron chi connectivity index (χ4n) is 8.61. The van der Waals surface area contributed by atoms with Gasteiger partial charge in [0.25, 0.3) is 0 Å². The van der Waals surface area contributed by atoms with Crippen LogP contribution in [0.5, 0.6) is 0 Å². The highest BCUT2D eigenvalue weighted by molar-refractivity contribution is 6.16. The zero-order valence-electron chi connectivity index (χ0n) is 23.1. The molecule has 4 aliphatic carbocycles. The Morgan fingerprint density at radius 2 is 1.62 bits per heavy atom. The summed E-state index contributed by atoms with van der Waals surface area (Å²) in [6.45, 7) is 12.9. The van der Waals surface area contributed by atoms with Gasteiger partial charge in [0.05, 0.1) is 11.5 Å². The average Bonchev–Trinajstić information content (AvgIpc) is 2.99. The van der Waals surface area contributed by atoms with E-state index in [2.05, 4.69) is 0 Å². The molecule has 0 saturated heterocycles. The fraction of sp³-hybridized carbons (Fsp3) is 0.700. The van der Waals surface area contributed by atoms with Gasteiger partial charge in [0.15, 0.2) is 11.6 Å². The van der Waals surface area contributed by atoms with Crippen LogP contribution >= 0.6 is 0 Å². The minimum Gasteiger partial charge on any atom is -0.478 e. The summed E-state index contributed by atoms with van der Waals surface area (Å²) in [4.78, 5) is 65.7. The maximum absolute atomic E-state index is 14.0. The summed E-state index contributed by atoms with van der Waals surface area (Å²) in [5.41, 5.74) is -2.38. The Hall–Kier alpha value is -2.41. The van der Waals surface area contributed by atoms with Crippen molar-refractivity contribution in [2.45, 2.75) is 93.1 Å². The van der Waals surface area contributed by atoms with Crippen molar-refractivity contribution in [3.63, 3.8) is 0 Å². The molecule has 0 heterocycles. The first-order valence-corrected chi connectivity index (χ1v) is 13.4. The molecule has 0 bridgehead atoms. The van der Waals surface area contributed by atoms with E-state index in [-0.39, 0.29) is 72.1 Å². The summed E-state index contributed by atoms with van der Waals surface area (Å²) < 4.78 is 0. The van der Waals surface area contributed by atoms with Crippen molar-refractivity contribution in [3.05, 3.63) is 22.8 Å². The van der Waals surface area contributed by atoms with Gasteiger partial charge in [-0.05, 0) is 55.9 Å². The largest absolute Gasteiger partial charge is 0.478 e. The van der Waals surface area contributed by atoms with Crippen LogP contribution < -0.4 is 0 Å². The molecule has 0 amide bonds. The number of carbonyl (C=O) groups excluding carboxylic acids is 4. The standard InChI is InChI=1S/C30H40O7/c1-15(10-17(31)11-16(2)26(36)37)18-12-23(35)30(7)25-19(32)13-21-27(3,4)22(34)8-9-28(21,5)24(25)20(33)14-29(18,30)6/h11,15,17-18,21,31H,8-10,12-14H2,1-7H3,(H,36,37)/b16-11+/t15-,17+,18-,21?,28+,29-,30+/m0/s1. The second-order valence-electron chi connectivity index (χ2n) is 13.3. The van der Waals surface area contributed by atoms with E-state index < -0.39 is 33.7 Å². The van der Waals surface area contributed by atoms with Crippen LogP contribution in [0.4, 0.5) is 0 Å². The number of carboxylic acid groups (broad SMARTS) is 1. The second-order valence-corrected chi connectivity index (χ2v) is 13.3. The van der Waals surface area contributed by atoms with E-state index in [1.807, 2.05) is 41.5 Å². The van der Waals surface area contributed by atoms with Crippen LogP contribution in [0.3, 0.4) is 0 Å². The molecule has 0 aromatic heterocycles. The van der Waals surface area contributed by atoms with Crippen LogP contribution in [0.15, 0.2) is 22.8 Å². The molecule has 0 spiro atoms. The highest BCUT2D eigenvalue weighted by Crippen LogP contribution is 2.69. The molecule has 0 radical (unpaired) electrons. The number of fused-ring (bicyclic) bond motifs is 4. The van der Waals surface area contributed by atoms with Gasteiger partial charge in [0.1, 0.15) is 11.6 Å². The molecule has 0 aromatic carbocycles. The van der Waals surface area contributed by atoms with E-state index in [9.17, 15) is 29.1 Å². The highest BCUT2D eigenvalue weighted by atomic mass is 16.4. The molecule has 4 aliphatic rings. The highest BCUT2D eigenvalue weighted by Gasteiger charge is 2.70. The number of ketones is 4. The van der Waals surface area contributed by atoms with E-state index in [4.69, 9.17) is 5.11 Å². The molecule has 2 N–H and O–H groups in total. The summed E-state index contributed by atoms with van der Waals surface area (Å²) in [5, 5.41) is 19.7. The molecule has 37 heavy (non-hydrogen) atoms. The summed E-state index contributed by atoms with van der Waals surface area (Å²) in [5.74, 6) is -2.06. The maximum atomic E-state index is 14.0. The molecule has 4 rings (SSSR count). The molecule has 7 heteroatoms. The van der Waals surface area contributed by atoms with Gasteiger partial charge < -0.3 is 10.2 Å². The maximum Gasteiger partial charge on any atom is 0.331 e. The lowest BCUT2D eigenvalue weighted by molar-refractivity contribution is -0.147. The van der Waals surface area contributed by atoms with E-state index in [1.165, 1.54) is 13.0 Å². The Bertz CT molecular complexity index is 1170. The quantitative estimate of drug-likeness (QED) is 0.527. The predicted molar refractivity (Wildman–Crippen MR) is 136 cm³/mol. The number of carboxylic acids is 1. The normalized spacial score (nSPS) is 39.2. The lowest BCUT2D eigenvalue weighted by Crippen LogP contribution is -2.59. The minimum atomic E-state index is -1.12. The van der Waals surface area contributed by atoms with Gasteiger partial charge in [0, 0.05) is 53.2 Å². The lowest BCUT2D eigenvalue weighted by Gasteiger charge is -2.58. The number of aliphatic hydroxyl groups excluding tert-OH is 1. The van der Waals surface area contributed by atoms with Crippen molar-refractivity contribution in [2.75, 3.05) is 0 Å². The third-order valence-corrected chi connectivity index (χ3v) is 11.0. The Morgan fingerprint density at radius 3 is 2.22 bits per heavy atom. The molecule has 0 aromatic rings. The van der Waals surface area contributed by atoms with Crippen LogP contribution in [0, 0.1) is 39.4 Å². The van der Waals surface area contributed by atoms with Crippen LogP contribution in [0.2, 0.25) is 0 Å². The smallest absolute Gasteiger partial charge is 0.331 e. The van der Waals surface area contributed by atoms with Gasteiger partial charge in [-0.3, -0.25) is 19.2 Å². The first-order valence-electron chi connectivity index (χ1n) is 13.4. The van der Waals surface area contributed by atoms with Gasteiger partial charge in [-0.1, -0.05) is 34.6 Å². The van der Waals surface area contributed by atoms with E-state index >= 15 is 0 Å². The zero-order valence-corrected chi connectivity index (χ0v) is 23.1. The Morgan fingerprint density at radius 1 is 1.00 bits per heavy atom. The van der Waals surface area contributed by atoms with Gasteiger partial charge in [-0.15, -0.1) is 0 Å². The predicted octanol–water partition coefficient (Wildman–Crippen LogP) is 4.26. The molecular formula is C30H40O7. The number of allylic oxidation sites excluding steroid dienone is 2. The van der Waals surface area contributed by atoms with Crippen LogP contribution in [0.25, 0.3) is 0 Å². The van der Waals surface area contributed by atoms with Crippen molar-refractivity contribution in [1.29, 1.82) is 0 Å². The van der Waals surface area contributed by atoms with Crippen molar-refractivity contribution in [3.8, 4) is 0 Å². The van der Waals surface area contributed by atoms with Crippen LogP contribution in [0.1, 0.15) is 87.0 Å². The summed E-state index contributed by atoms with van der Waals surface area (Å²) in [6, 6.07) is 0. The number of hydrogen-bond acceptors (Lipinski definition) is 6. The third-order valence-electron chi connectivity index (χ3n) is 11.0. The van der Waals surface area contributed by atoms with Gasteiger partial charge >= 0.3 is 5.97 Å². The molecule has 1 unspecified atom stereocenters. The summed E-state index contributed by atoms with van der Waals surface area (Å²) in [7, 11) is 0. The lowest BCUT2D eigenvalue weighted by atomic mass is 9.43. The first-order chi connectivity index (χ1) is 16.9. The van der Waals surface area contributed by atoms with Crippen LogP contribution in [-0.2, 0) is 24.0 Å². The molecule has 7 atom stereocenters. The molecule has 2 saturated carbocycles. The van der Waals surface area contributed by atoms with Gasteiger partial charge in [0.2, 0.25) is 0 Å². The number of Topliss-reactive ketones (excluding diaryl/α,β-unsaturated/α-hetero) is 4. The van der Waals surface area contributed by atoms with Crippen molar-refractivity contribution in [2.24, 2.45) is 39.4 Å². The summed E-state index contributed by atoms with van der Waals surface area (Å²) >= 11 is 0. The topological polar surface area (TPSA) is 126 Å². The van der Waals surface area contributed by atoms with Crippen molar-refractivity contribution in [1.82, 2.24) is 0 Å². The monoisotopic (exact) mass is 512 g/mol. The Labute approximate surface area is 218 Å². The van der Waals surface area contributed by atoms with Crippen molar-refractivity contribution < 1.29 is 34.2 Å². The Balaban J connectivity index is 1.78. The molecule has 2 fully saturated rings. The van der Waals surface area contributed by atoms with Crippen molar-refractivity contribution >= 4 is 29.1 Å². The molecule has 202 valence electrons. The molecular weight excluding hydrogens is 472 g/mol. The fourth-order valence-corrected chi connectivity index (χ4v) is 8.61. The van der Waals surface area contributed by atoms with E-state index in [0.717, 1.165) is 0 Å². The second kappa shape index (κ2) is 8.55.